The minimum absolute atomic E-state index is 0.614. The van der Waals surface area contributed by atoms with Crippen molar-refractivity contribution in [2.24, 2.45) is 0 Å². The van der Waals surface area contributed by atoms with Crippen LogP contribution < -0.4 is 30.2 Å². The maximum absolute atomic E-state index is 6.43. The molecule has 0 amide bonds. The van der Waals surface area contributed by atoms with E-state index in [1.807, 2.05) is 24.3 Å². The number of benzene rings is 4. The third-order valence-electron chi connectivity index (χ3n) is 5.63. The first-order chi connectivity index (χ1) is 13.8. The van der Waals surface area contributed by atoms with Crippen LogP contribution in [0.4, 0.5) is 0 Å². The van der Waals surface area contributed by atoms with Crippen molar-refractivity contribution in [3.05, 3.63) is 96.0 Å². The molecule has 0 fully saturated rings. The molecule has 28 heavy (non-hydrogen) atoms. The number of rotatable bonds is 1. The van der Waals surface area contributed by atoms with Crippen LogP contribution in [-0.4, -0.2) is 8.07 Å². The van der Waals surface area contributed by atoms with Gasteiger partial charge in [0.2, 0.25) is 0 Å². The summed E-state index contributed by atoms with van der Waals surface area (Å²) >= 11 is 6.43. The molecule has 0 bridgehead atoms. The Labute approximate surface area is 169 Å². The number of para-hydroxylation sites is 2. The van der Waals surface area contributed by atoms with Gasteiger partial charge in [-0.05, 0) is 39.8 Å². The van der Waals surface area contributed by atoms with Gasteiger partial charge in [-0.3, -0.25) is 0 Å². The van der Waals surface area contributed by atoms with E-state index in [0.29, 0.717) is 5.02 Å². The van der Waals surface area contributed by atoms with Crippen molar-refractivity contribution in [1.29, 1.82) is 0 Å². The topological polar surface area (TPSA) is 18.5 Å². The predicted octanol–water partition coefficient (Wildman–Crippen LogP) is 3.93. The molecule has 4 heteroatoms. The van der Waals surface area contributed by atoms with Crippen LogP contribution in [0.5, 0.6) is 23.0 Å². The summed E-state index contributed by atoms with van der Waals surface area (Å²) in [6.45, 7) is 0. The second kappa shape index (κ2) is 5.74. The highest BCUT2D eigenvalue weighted by molar-refractivity contribution is 7.21. The SMILES string of the molecule is Clc1cc2c3c(c1)Oc1ccccc1[Si]3(c1ccccc1)c1ccccc1O2. The monoisotopic (exact) mass is 398 g/mol. The molecule has 0 saturated heterocycles. The molecule has 134 valence electrons. The summed E-state index contributed by atoms with van der Waals surface area (Å²) in [5, 5.41) is 5.55. The predicted molar refractivity (Wildman–Crippen MR) is 115 cm³/mol. The average molecular weight is 399 g/mol. The van der Waals surface area contributed by atoms with Crippen molar-refractivity contribution in [2.75, 3.05) is 0 Å². The lowest BCUT2D eigenvalue weighted by Crippen LogP contribution is -2.77. The van der Waals surface area contributed by atoms with Crippen molar-refractivity contribution in [3.63, 3.8) is 0 Å². The molecule has 2 aliphatic heterocycles. The molecule has 2 nitrogen and oxygen atoms in total. The molecular weight excluding hydrogens is 384 g/mol. The summed E-state index contributed by atoms with van der Waals surface area (Å²) in [4.78, 5) is 0. The first kappa shape index (κ1) is 16.0. The zero-order valence-corrected chi connectivity index (χ0v) is 16.6. The molecular formula is C24H15ClO2Si. The van der Waals surface area contributed by atoms with Gasteiger partial charge in [0.25, 0.3) is 0 Å². The molecule has 0 aliphatic carbocycles. The van der Waals surface area contributed by atoms with Crippen molar-refractivity contribution >= 4 is 40.4 Å². The fourth-order valence-electron chi connectivity index (χ4n) is 4.61. The van der Waals surface area contributed by atoms with E-state index in [9.17, 15) is 0 Å². The molecule has 0 N–H and O–H groups in total. The van der Waals surface area contributed by atoms with Gasteiger partial charge in [-0.1, -0.05) is 78.3 Å². The van der Waals surface area contributed by atoms with Crippen LogP contribution in [-0.2, 0) is 0 Å². The average Bonchev–Trinajstić information content (AvgIpc) is 2.73. The van der Waals surface area contributed by atoms with Crippen LogP contribution in [0.2, 0.25) is 5.02 Å². The fraction of sp³-hybridized carbons (Fsp3) is 0. The third kappa shape index (κ3) is 1.98. The standard InChI is InChI=1S/C24H15ClO2Si/c25-16-14-20-24-21(15-16)27-19-11-5-7-13-23(19)28(24,17-8-2-1-3-9-17)22-12-6-4-10-18(22)26-20/h1-15H. The van der Waals surface area contributed by atoms with Crippen molar-refractivity contribution in [3.8, 4) is 23.0 Å². The molecule has 2 aliphatic rings. The minimum atomic E-state index is -2.58. The Morgan fingerprint density at radius 1 is 0.571 bits per heavy atom. The number of hydrogen-bond acceptors (Lipinski definition) is 2. The summed E-state index contributed by atoms with van der Waals surface area (Å²) in [7, 11) is -2.58. The molecule has 0 spiro atoms. The molecule has 4 aromatic rings. The Kier molecular flexibility index (Phi) is 3.28. The van der Waals surface area contributed by atoms with Crippen LogP contribution in [0.25, 0.3) is 0 Å². The summed E-state index contributed by atoms with van der Waals surface area (Å²) in [5.41, 5.74) is 0. The van der Waals surface area contributed by atoms with Gasteiger partial charge in [0.15, 0.2) is 8.07 Å². The van der Waals surface area contributed by atoms with Crippen molar-refractivity contribution in [1.82, 2.24) is 0 Å². The van der Waals surface area contributed by atoms with Crippen LogP contribution in [0.3, 0.4) is 0 Å². The molecule has 0 aromatic heterocycles. The van der Waals surface area contributed by atoms with E-state index in [1.54, 1.807) is 0 Å². The van der Waals surface area contributed by atoms with Crippen LogP contribution in [0.15, 0.2) is 91.0 Å². The summed E-state index contributed by atoms with van der Waals surface area (Å²) in [5.74, 6) is 3.39. The van der Waals surface area contributed by atoms with Gasteiger partial charge >= 0.3 is 0 Å². The van der Waals surface area contributed by atoms with E-state index in [-0.39, 0.29) is 0 Å². The van der Waals surface area contributed by atoms with Gasteiger partial charge in [0, 0.05) is 10.2 Å². The highest BCUT2D eigenvalue weighted by Crippen LogP contribution is 2.40. The Hall–Kier alpha value is -3.01. The normalized spacial score (nSPS) is 14.8. The van der Waals surface area contributed by atoms with Crippen LogP contribution in [0, 0.1) is 0 Å². The minimum Gasteiger partial charge on any atom is -0.457 e. The van der Waals surface area contributed by atoms with Gasteiger partial charge in [-0.15, -0.1) is 0 Å². The number of halogens is 1. The number of fused-ring (bicyclic) bond motifs is 4. The lowest BCUT2D eigenvalue weighted by molar-refractivity contribution is 0.464. The maximum Gasteiger partial charge on any atom is 0.197 e. The zero-order chi connectivity index (χ0) is 18.7. The van der Waals surface area contributed by atoms with Gasteiger partial charge in [-0.2, -0.15) is 0 Å². The Morgan fingerprint density at radius 2 is 1.07 bits per heavy atom. The van der Waals surface area contributed by atoms with Gasteiger partial charge < -0.3 is 9.47 Å². The Bertz CT molecular complexity index is 1170. The molecule has 2 heterocycles. The van der Waals surface area contributed by atoms with Gasteiger partial charge in [0.05, 0.1) is 0 Å². The van der Waals surface area contributed by atoms with E-state index in [1.165, 1.54) is 15.6 Å². The van der Waals surface area contributed by atoms with Crippen LogP contribution in [0.1, 0.15) is 0 Å². The molecule has 0 atom stereocenters. The van der Waals surface area contributed by atoms with Crippen molar-refractivity contribution in [2.45, 2.75) is 0 Å². The van der Waals surface area contributed by atoms with Gasteiger partial charge in [0.1, 0.15) is 23.0 Å². The second-order valence-electron chi connectivity index (χ2n) is 7.09. The van der Waals surface area contributed by atoms with E-state index >= 15 is 0 Å². The molecule has 0 saturated carbocycles. The van der Waals surface area contributed by atoms with E-state index in [4.69, 9.17) is 21.1 Å². The Balaban J connectivity index is 1.86. The smallest absolute Gasteiger partial charge is 0.197 e. The Morgan fingerprint density at radius 3 is 1.64 bits per heavy atom. The molecule has 0 radical (unpaired) electrons. The summed E-state index contributed by atoms with van der Waals surface area (Å²) < 4.78 is 12.7. The lowest BCUT2D eigenvalue weighted by atomic mass is 10.2. The largest absolute Gasteiger partial charge is 0.457 e. The summed E-state index contributed by atoms with van der Waals surface area (Å²) in [6, 6.07) is 31.3. The first-order valence-electron chi connectivity index (χ1n) is 9.23. The van der Waals surface area contributed by atoms with E-state index in [0.717, 1.165) is 28.2 Å². The number of ether oxygens (including phenoxy) is 2. The highest BCUT2D eigenvalue weighted by Gasteiger charge is 2.53. The number of hydrogen-bond donors (Lipinski definition) is 0. The molecule has 4 aromatic carbocycles. The van der Waals surface area contributed by atoms with E-state index < -0.39 is 8.07 Å². The zero-order valence-electron chi connectivity index (χ0n) is 14.9. The lowest BCUT2D eigenvalue weighted by Gasteiger charge is -2.43. The quantitative estimate of drug-likeness (QED) is 0.391. The third-order valence-corrected chi connectivity index (χ3v) is 10.7. The highest BCUT2D eigenvalue weighted by atomic mass is 35.5. The fourth-order valence-corrected chi connectivity index (χ4v) is 9.93. The van der Waals surface area contributed by atoms with E-state index in [2.05, 4.69) is 66.7 Å². The second-order valence-corrected chi connectivity index (χ2v) is 11.2. The van der Waals surface area contributed by atoms with Gasteiger partial charge in [-0.25, -0.2) is 0 Å². The van der Waals surface area contributed by atoms with Crippen LogP contribution >= 0.6 is 11.6 Å². The molecule has 0 unspecified atom stereocenters. The maximum atomic E-state index is 6.43. The molecule has 6 rings (SSSR count). The van der Waals surface area contributed by atoms with Crippen molar-refractivity contribution < 1.29 is 9.47 Å². The first-order valence-corrected chi connectivity index (χ1v) is 11.6. The summed E-state index contributed by atoms with van der Waals surface area (Å²) in [6.07, 6.45) is 0.